The van der Waals surface area contributed by atoms with Crippen LogP contribution in [0.2, 0.25) is 0 Å². The van der Waals surface area contributed by atoms with Gasteiger partial charge in [-0.2, -0.15) is 0 Å². The van der Waals surface area contributed by atoms with E-state index in [1.807, 2.05) is 122 Å². The van der Waals surface area contributed by atoms with Crippen LogP contribution < -0.4 is 14.2 Å². The number of phenols is 5. The molecule has 0 saturated heterocycles. The monoisotopic (exact) mass is 1460 g/mol. The Hall–Kier alpha value is -5.61. The number of hydrogen-bond acceptors (Lipinski definition) is 16. The lowest BCUT2D eigenvalue weighted by Crippen LogP contribution is -2.53. The summed E-state index contributed by atoms with van der Waals surface area (Å²) in [6.45, 7) is 44.1. The Morgan fingerprint density at radius 1 is 0.510 bits per heavy atom. The van der Waals surface area contributed by atoms with E-state index in [0.29, 0.717) is 35.0 Å². The summed E-state index contributed by atoms with van der Waals surface area (Å²) in [5.74, 6) is 6.92. The summed E-state index contributed by atoms with van der Waals surface area (Å²) in [6, 6.07) is 12.5. The van der Waals surface area contributed by atoms with Crippen LogP contribution >= 0.6 is 0 Å². The fraction of sp³-hybridized carbons (Fsp3) is 0.761. The first kappa shape index (κ1) is 87.3. The highest BCUT2D eigenvalue weighted by atomic mass is 16.7. The van der Waals surface area contributed by atoms with Crippen molar-refractivity contribution in [1.29, 1.82) is 0 Å². The van der Waals surface area contributed by atoms with E-state index in [2.05, 4.69) is 54.5 Å². The van der Waals surface area contributed by atoms with E-state index in [0.717, 1.165) is 110 Å². The summed E-state index contributed by atoms with van der Waals surface area (Å²) in [4.78, 5) is 36.3. The molecule has 13 rings (SSSR count). The number of carbonyl (C=O) groups is 3. The van der Waals surface area contributed by atoms with Crippen LogP contribution in [0.15, 0.2) is 42.5 Å². The van der Waals surface area contributed by atoms with E-state index in [1.54, 1.807) is 20.3 Å². The van der Waals surface area contributed by atoms with Gasteiger partial charge < -0.3 is 63.4 Å². The number of fused-ring (bicyclic) bond motifs is 1. The molecule has 16 nitrogen and oxygen atoms in total. The molecule has 10 aliphatic rings. The molecule has 1 heterocycles. The molecule has 3 aromatic carbocycles. The standard InChI is InChI=1S/C22H32O3.C16H26O2.C15H28O2.C13H18O3.C12H24O3.C10H14O3/c1-4-14(2)18-5-6-20(19(23)10-18)25-21(24-3)22-11-15-7-16(12-22)9-17(8-15)13-22;1-4-15(2,3)14(17)18-16-8-11-5-12(9-16)7-13(6-11)10-16;1-6-14(2,3)13(16)17-15(4,5)12-10-8-7-9-11-12;1-5-8(2)9-6-10(14)12-11(7-9)15-13(3,4)16-12;1-8-12(5,6)9(13)15-10(14-7)11(2,3)4;1-3-6(2)7-4-8(11)10(13)9(12)5-7/h5-6,10,14-17,21,23H,4,7-9,11-13H2,1-3H3;11-13H,4-10H2,1-3H3;12H,6-11H2,1-5H3;6-8,14H,5H2,1-4H3;10H,8H2,1-7H3;4-6,11-13H,3H2,1-2H3. The van der Waals surface area contributed by atoms with E-state index < -0.39 is 23.2 Å². The zero-order valence-corrected chi connectivity index (χ0v) is 69.0. The van der Waals surface area contributed by atoms with Gasteiger partial charge in [-0.05, 0) is 296 Å². The van der Waals surface area contributed by atoms with Crippen molar-refractivity contribution < 1.29 is 77.8 Å². The number of rotatable bonds is 21. The van der Waals surface area contributed by atoms with Gasteiger partial charge in [-0.3, -0.25) is 14.4 Å². The molecule has 0 spiro atoms. The Kier molecular flexibility index (Phi) is 30.3. The minimum absolute atomic E-state index is 0.0342. The largest absolute Gasteiger partial charge is 0.504 e. The number of phenolic OH excluding ortho intramolecular Hbond substituents is 5. The molecule has 16 heteroatoms. The Morgan fingerprint density at radius 3 is 1.35 bits per heavy atom. The van der Waals surface area contributed by atoms with Gasteiger partial charge in [0.2, 0.25) is 24.1 Å². The van der Waals surface area contributed by atoms with Crippen LogP contribution in [0.3, 0.4) is 0 Å². The average Bonchev–Trinajstić information content (AvgIpc) is 0.880. The molecule has 0 radical (unpaired) electrons. The van der Waals surface area contributed by atoms with Gasteiger partial charge in [-0.1, -0.05) is 108 Å². The van der Waals surface area contributed by atoms with E-state index in [-0.39, 0.29) is 86.0 Å². The second-order valence-corrected chi connectivity index (χ2v) is 36.9. The summed E-state index contributed by atoms with van der Waals surface area (Å²) < 4.78 is 45.7. The Bertz CT molecular complexity index is 3160. The van der Waals surface area contributed by atoms with Crippen LogP contribution in [0.5, 0.6) is 46.0 Å². The quantitative estimate of drug-likeness (QED) is 0.0289. The van der Waals surface area contributed by atoms with Crippen molar-refractivity contribution in [2.45, 2.75) is 347 Å². The molecule has 8 bridgehead atoms. The fourth-order valence-electron chi connectivity index (χ4n) is 17.2. The van der Waals surface area contributed by atoms with Crippen molar-refractivity contribution >= 4 is 17.9 Å². The highest BCUT2D eigenvalue weighted by molar-refractivity contribution is 5.77. The van der Waals surface area contributed by atoms with Crippen LogP contribution in [-0.4, -0.2) is 87.2 Å². The molecule has 5 atom stereocenters. The lowest BCUT2D eigenvalue weighted by molar-refractivity contribution is -0.204. The minimum Gasteiger partial charge on any atom is -0.504 e. The molecule has 590 valence electrons. The zero-order valence-electron chi connectivity index (χ0n) is 69.0. The molecule has 3 aromatic rings. The molecule has 9 saturated carbocycles. The third-order valence-corrected chi connectivity index (χ3v) is 25.1. The van der Waals surface area contributed by atoms with Gasteiger partial charge in [-0.15, -0.1) is 0 Å². The van der Waals surface area contributed by atoms with Crippen LogP contribution in [0, 0.1) is 68.5 Å². The summed E-state index contributed by atoms with van der Waals surface area (Å²) in [5.41, 5.74) is 1.53. The van der Waals surface area contributed by atoms with Crippen LogP contribution in [0.1, 0.15) is 334 Å². The van der Waals surface area contributed by atoms with Gasteiger partial charge in [-0.25, -0.2) is 0 Å². The van der Waals surface area contributed by atoms with E-state index in [1.165, 1.54) is 102 Å². The summed E-state index contributed by atoms with van der Waals surface area (Å²) >= 11 is 0. The van der Waals surface area contributed by atoms with Crippen LogP contribution in [-0.2, 0) is 38.1 Å². The third-order valence-electron chi connectivity index (χ3n) is 25.1. The maximum Gasteiger partial charge on any atom is 0.313 e. The average molecular weight is 1460 g/mol. The molecule has 0 aromatic heterocycles. The van der Waals surface area contributed by atoms with E-state index in [9.17, 15) is 34.8 Å². The van der Waals surface area contributed by atoms with Crippen molar-refractivity contribution in [3.8, 4) is 46.0 Å². The molecular formula is C88H142O16. The molecule has 5 unspecified atom stereocenters. The third kappa shape index (κ3) is 22.7. The molecule has 5 N–H and O–H groups in total. The second-order valence-electron chi connectivity index (χ2n) is 36.9. The SMILES string of the molecule is CCC(C)(C)C(=O)OC(C)(C)C1CCCCC1.CCC(C)(C)C(=O)OC(OC)C(C)(C)C.CCC(C)(C)C(=O)OC12CC3CC(CC(C3)C1)C2.CCC(C)c1cc(O)c(O)c(O)c1.CCC(C)c1cc(O)c2c(c1)OC(C)(C)O2.CCC(C)c1ccc(OC(OC)C23CC4CC(CC(C4)C2)C3)c(O)c1. The predicted octanol–water partition coefficient (Wildman–Crippen LogP) is 22.4. The molecule has 9 fully saturated rings. The minimum atomic E-state index is -0.687. The molecular weight excluding hydrogens is 1310 g/mol. The van der Waals surface area contributed by atoms with Crippen molar-refractivity contribution in [2.24, 2.45) is 68.5 Å². The van der Waals surface area contributed by atoms with Gasteiger partial charge >= 0.3 is 17.9 Å². The normalized spacial score (nSPS) is 25.5. The number of ether oxygens (including phenoxy) is 8. The van der Waals surface area contributed by atoms with Gasteiger partial charge in [0.15, 0.2) is 40.2 Å². The number of carbonyl (C=O) groups excluding carboxylic acids is 3. The maximum atomic E-state index is 12.4. The number of hydrogen-bond donors (Lipinski definition) is 5. The van der Waals surface area contributed by atoms with Crippen LogP contribution in [0.4, 0.5) is 0 Å². The number of methoxy groups -OCH3 is 2. The Balaban J connectivity index is 0.000000199. The first-order valence-electron chi connectivity index (χ1n) is 40.1. The van der Waals surface area contributed by atoms with E-state index >= 15 is 0 Å². The lowest BCUT2D eigenvalue weighted by atomic mass is 9.49. The summed E-state index contributed by atoms with van der Waals surface area (Å²) in [5, 5.41) is 47.9. The van der Waals surface area contributed by atoms with Gasteiger partial charge in [0, 0.05) is 38.9 Å². The van der Waals surface area contributed by atoms with Gasteiger partial charge in [0.1, 0.15) is 11.2 Å². The highest BCUT2D eigenvalue weighted by Crippen LogP contribution is 2.62. The second kappa shape index (κ2) is 36.1. The molecule has 0 amide bonds. The first-order valence-corrected chi connectivity index (χ1v) is 40.1. The molecule has 9 aliphatic carbocycles. The van der Waals surface area contributed by atoms with Crippen LogP contribution in [0.25, 0.3) is 0 Å². The number of esters is 3. The van der Waals surface area contributed by atoms with Crippen molar-refractivity contribution in [2.75, 3.05) is 14.2 Å². The molecule has 104 heavy (non-hydrogen) atoms. The summed E-state index contributed by atoms with van der Waals surface area (Å²) in [7, 11) is 3.32. The number of aromatic hydroxyl groups is 5. The summed E-state index contributed by atoms with van der Waals surface area (Å²) in [6.07, 6.45) is 26.5. The van der Waals surface area contributed by atoms with Crippen molar-refractivity contribution in [3.63, 3.8) is 0 Å². The topological polar surface area (TPSA) is 226 Å². The van der Waals surface area contributed by atoms with E-state index in [4.69, 9.17) is 43.0 Å². The fourth-order valence-corrected chi connectivity index (χ4v) is 17.2. The van der Waals surface area contributed by atoms with Gasteiger partial charge in [0.25, 0.3) is 0 Å². The maximum absolute atomic E-state index is 12.4. The Morgan fingerprint density at radius 2 is 0.923 bits per heavy atom. The van der Waals surface area contributed by atoms with Gasteiger partial charge in [0.05, 0.1) is 16.2 Å². The zero-order chi connectivity index (χ0) is 77.9. The Labute approximate surface area is 627 Å². The van der Waals surface area contributed by atoms with Crippen molar-refractivity contribution in [1.82, 2.24) is 0 Å². The highest BCUT2D eigenvalue weighted by Gasteiger charge is 2.57. The smallest absolute Gasteiger partial charge is 0.313 e. The first-order chi connectivity index (χ1) is 48.4. The lowest BCUT2D eigenvalue weighted by Gasteiger charge is -2.58. The number of benzene rings is 3. The van der Waals surface area contributed by atoms with Crippen molar-refractivity contribution in [3.05, 3.63) is 59.2 Å². The molecule has 1 aliphatic heterocycles. The predicted molar refractivity (Wildman–Crippen MR) is 413 cm³/mol.